The summed E-state index contributed by atoms with van der Waals surface area (Å²) in [6.07, 6.45) is 0. The largest absolute Gasteiger partial charge is 0.295 e. The van der Waals surface area contributed by atoms with Gasteiger partial charge in [-0.2, -0.15) is 0 Å². The molecule has 3 rings (SSSR count). The van der Waals surface area contributed by atoms with Crippen LogP contribution >= 0.6 is 43.5 Å². The van der Waals surface area contributed by atoms with Gasteiger partial charge in [-0.3, -0.25) is 4.57 Å². The average Bonchev–Trinajstić information content (AvgIpc) is 2.77. The molecule has 6 heteroatoms. The zero-order valence-corrected chi connectivity index (χ0v) is 14.0. The summed E-state index contributed by atoms with van der Waals surface area (Å²) in [6.45, 7) is 0. The van der Waals surface area contributed by atoms with Crippen LogP contribution < -0.4 is 0 Å². The summed E-state index contributed by atoms with van der Waals surface area (Å²) >= 11 is 12.6. The maximum Gasteiger partial charge on any atom is 0.139 e. The highest BCUT2D eigenvalue weighted by atomic mass is 79.9. The summed E-state index contributed by atoms with van der Waals surface area (Å²) in [5, 5.41) is 0. The van der Waals surface area contributed by atoms with E-state index in [4.69, 9.17) is 11.6 Å². The van der Waals surface area contributed by atoms with Gasteiger partial charge in [0.25, 0.3) is 0 Å². The number of hydrogen-bond donors (Lipinski definition) is 0. The Bertz CT molecular complexity index is 801. The number of rotatable bonds is 2. The van der Waals surface area contributed by atoms with Crippen LogP contribution in [0.1, 0.15) is 5.82 Å². The summed E-state index contributed by atoms with van der Waals surface area (Å²) in [5.41, 5.74) is 2.28. The molecule has 1 heterocycles. The number of imidazole rings is 1. The van der Waals surface area contributed by atoms with E-state index in [2.05, 4.69) is 36.8 Å². The molecule has 3 aromatic rings. The molecule has 1 aromatic heterocycles. The minimum atomic E-state index is -0.324. The van der Waals surface area contributed by atoms with Crippen LogP contribution in [-0.4, -0.2) is 9.55 Å². The lowest BCUT2D eigenvalue weighted by Crippen LogP contribution is -1.99. The summed E-state index contributed by atoms with van der Waals surface area (Å²) in [6, 6.07) is 10.8. The third-order valence-corrected chi connectivity index (χ3v) is 4.29. The number of alkyl halides is 1. The van der Waals surface area contributed by atoms with Crippen molar-refractivity contribution in [2.24, 2.45) is 0 Å². The second kappa shape index (κ2) is 5.47. The van der Waals surface area contributed by atoms with Crippen molar-refractivity contribution in [2.45, 2.75) is 5.88 Å². The van der Waals surface area contributed by atoms with E-state index in [1.54, 1.807) is 6.07 Å². The Hall–Kier alpha value is -0.910. The maximum absolute atomic E-state index is 13.8. The summed E-state index contributed by atoms with van der Waals surface area (Å²) in [4.78, 5) is 4.46. The number of fused-ring (bicyclic) bond motifs is 1. The molecule has 0 amide bonds. The lowest BCUT2D eigenvalue weighted by atomic mass is 10.2. The first kappa shape index (κ1) is 14.0. The number of benzene rings is 2. The predicted octanol–water partition coefficient (Wildman–Crippen LogP) is 5.43. The van der Waals surface area contributed by atoms with Crippen molar-refractivity contribution in [3.63, 3.8) is 0 Å². The van der Waals surface area contributed by atoms with E-state index in [1.807, 2.05) is 28.8 Å². The molecule has 0 aliphatic carbocycles. The molecule has 0 aliphatic rings. The minimum absolute atomic E-state index is 0.250. The molecule has 0 atom stereocenters. The van der Waals surface area contributed by atoms with Gasteiger partial charge in [0, 0.05) is 16.2 Å². The number of hydrogen-bond acceptors (Lipinski definition) is 1. The molecule has 0 N–H and O–H groups in total. The van der Waals surface area contributed by atoms with Gasteiger partial charge in [-0.1, -0.05) is 22.0 Å². The first-order valence-electron chi connectivity index (χ1n) is 5.78. The van der Waals surface area contributed by atoms with Gasteiger partial charge in [-0.05, 0) is 40.2 Å². The van der Waals surface area contributed by atoms with Gasteiger partial charge in [0.05, 0.1) is 21.4 Å². The van der Waals surface area contributed by atoms with Crippen LogP contribution in [0.15, 0.2) is 45.3 Å². The molecule has 0 radical (unpaired) electrons. The molecule has 0 saturated heterocycles. The molecular weight excluding hydrogens is 410 g/mol. The van der Waals surface area contributed by atoms with Crippen molar-refractivity contribution < 1.29 is 4.39 Å². The third kappa shape index (κ3) is 2.38. The Balaban J connectivity index is 2.35. The lowest BCUT2D eigenvalue weighted by molar-refractivity contribution is 0.622. The Kier molecular flexibility index (Phi) is 3.84. The first-order valence-corrected chi connectivity index (χ1v) is 7.90. The molecule has 2 nitrogen and oxygen atoms in total. The van der Waals surface area contributed by atoms with Crippen LogP contribution in [0, 0.1) is 5.82 Å². The zero-order valence-electron chi connectivity index (χ0n) is 10.1. The second-order valence-electron chi connectivity index (χ2n) is 4.23. The quantitative estimate of drug-likeness (QED) is 0.508. The Morgan fingerprint density at radius 3 is 2.70 bits per heavy atom. The normalized spacial score (nSPS) is 11.2. The summed E-state index contributed by atoms with van der Waals surface area (Å²) < 4.78 is 17.0. The third-order valence-electron chi connectivity index (χ3n) is 2.95. The van der Waals surface area contributed by atoms with Crippen molar-refractivity contribution in [3.05, 3.63) is 57.0 Å². The fourth-order valence-electron chi connectivity index (χ4n) is 2.12. The van der Waals surface area contributed by atoms with Gasteiger partial charge in [0.2, 0.25) is 0 Å². The summed E-state index contributed by atoms with van der Waals surface area (Å²) in [5.74, 6) is 0.604. The van der Waals surface area contributed by atoms with Crippen molar-refractivity contribution in [3.8, 4) is 5.69 Å². The molecular formula is C14H8Br2ClFN2. The zero-order chi connectivity index (χ0) is 14.3. The monoisotopic (exact) mass is 416 g/mol. The van der Waals surface area contributed by atoms with Gasteiger partial charge in [-0.15, -0.1) is 11.6 Å². The van der Waals surface area contributed by atoms with Crippen molar-refractivity contribution in [1.82, 2.24) is 9.55 Å². The molecule has 0 saturated carbocycles. The Labute approximate surface area is 136 Å². The molecule has 0 spiro atoms. The number of halogens is 4. The predicted molar refractivity (Wildman–Crippen MR) is 86.0 cm³/mol. The van der Waals surface area contributed by atoms with Crippen molar-refractivity contribution in [1.29, 1.82) is 0 Å². The highest BCUT2D eigenvalue weighted by Crippen LogP contribution is 2.28. The summed E-state index contributed by atoms with van der Waals surface area (Å²) in [7, 11) is 0. The highest BCUT2D eigenvalue weighted by Gasteiger charge is 2.14. The van der Waals surface area contributed by atoms with Crippen LogP contribution in [0.2, 0.25) is 0 Å². The minimum Gasteiger partial charge on any atom is -0.295 e. The van der Waals surface area contributed by atoms with Crippen LogP contribution in [0.25, 0.3) is 16.7 Å². The molecule has 0 aliphatic heterocycles. The average molecular weight is 418 g/mol. The standard InChI is InChI=1S/C14H8Br2ClFN2/c15-8-2-1-3-9(4-8)20-13-6-11(18)10(16)5-12(13)19-14(20)7-17/h1-6H,7H2. The molecule has 102 valence electrons. The van der Waals surface area contributed by atoms with Gasteiger partial charge in [0.1, 0.15) is 11.6 Å². The fraction of sp³-hybridized carbons (Fsp3) is 0.0714. The molecule has 2 aromatic carbocycles. The van der Waals surface area contributed by atoms with E-state index >= 15 is 0 Å². The van der Waals surface area contributed by atoms with Crippen LogP contribution in [-0.2, 0) is 5.88 Å². The highest BCUT2D eigenvalue weighted by molar-refractivity contribution is 9.10. The van der Waals surface area contributed by atoms with E-state index < -0.39 is 0 Å². The molecule has 20 heavy (non-hydrogen) atoms. The van der Waals surface area contributed by atoms with Gasteiger partial charge in [0.15, 0.2) is 0 Å². The van der Waals surface area contributed by atoms with E-state index in [1.165, 1.54) is 6.07 Å². The first-order chi connectivity index (χ1) is 9.60. The van der Waals surface area contributed by atoms with Gasteiger partial charge in [-0.25, -0.2) is 9.37 Å². The van der Waals surface area contributed by atoms with E-state index in [-0.39, 0.29) is 11.7 Å². The van der Waals surface area contributed by atoms with Crippen LogP contribution in [0.3, 0.4) is 0 Å². The van der Waals surface area contributed by atoms with Crippen molar-refractivity contribution in [2.75, 3.05) is 0 Å². The molecule has 0 unspecified atom stereocenters. The van der Waals surface area contributed by atoms with E-state index in [0.29, 0.717) is 21.3 Å². The lowest BCUT2D eigenvalue weighted by Gasteiger charge is -2.08. The second-order valence-corrected chi connectivity index (χ2v) is 6.27. The Morgan fingerprint density at radius 2 is 2.00 bits per heavy atom. The maximum atomic E-state index is 13.8. The van der Waals surface area contributed by atoms with E-state index in [9.17, 15) is 4.39 Å². The molecule has 0 fully saturated rings. The number of nitrogens with zero attached hydrogens (tertiary/aromatic N) is 2. The van der Waals surface area contributed by atoms with Gasteiger partial charge >= 0.3 is 0 Å². The van der Waals surface area contributed by atoms with Crippen molar-refractivity contribution >= 4 is 54.5 Å². The van der Waals surface area contributed by atoms with E-state index in [0.717, 1.165) is 10.2 Å². The topological polar surface area (TPSA) is 17.8 Å². The van der Waals surface area contributed by atoms with Crippen LogP contribution in [0.4, 0.5) is 4.39 Å². The smallest absolute Gasteiger partial charge is 0.139 e. The SMILES string of the molecule is Fc1cc2c(cc1Br)nc(CCl)n2-c1cccc(Br)c1. The Morgan fingerprint density at radius 1 is 1.20 bits per heavy atom. The van der Waals surface area contributed by atoms with Gasteiger partial charge < -0.3 is 0 Å². The fourth-order valence-corrected chi connectivity index (χ4v) is 3.01. The molecule has 0 bridgehead atoms. The van der Waals surface area contributed by atoms with Crippen LogP contribution in [0.5, 0.6) is 0 Å². The number of aromatic nitrogens is 2.